The van der Waals surface area contributed by atoms with Gasteiger partial charge in [0.15, 0.2) is 0 Å². The second-order valence-corrected chi connectivity index (χ2v) is 7.74. The summed E-state index contributed by atoms with van der Waals surface area (Å²) in [4.78, 5) is 0. The molecule has 1 N–H and O–H groups in total. The van der Waals surface area contributed by atoms with E-state index in [0.717, 1.165) is 22.5 Å². The number of hydrogen-bond acceptors (Lipinski definition) is 4. The maximum Gasteiger partial charge on any atom is 0.363 e. The molecule has 5 heteroatoms. The number of para-hydroxylation sites is 1. The Bertz CT molecular complexity index is 725. The van der Waals surface area contributed by atoms with Crippen molar-refractivity contribution >= 4 is 24.3 Å². The molecule has 0 aliphatic rings. The molecule has 0 aliphatic carbocycles. The molecular formula is C19H26NO3P. The number of hydrogen-bond donors (Lipinski definition) is 1. The molecule has 2 aromatic carbocycles. The topological polar surface area (TPSA) is 47.6 Å². The van der Waals surface area contributed by atoms with Crippen molar-refractivity contribution < 1.29 is 13.6 Å². The van der Waals surface area contributed by atoms with Gasteiger partial charge in [0.25, 0.3) is 0 Å². The van der Waals surface area contributed by atoms with Crippen molar-refractivity contribution in [2.24, 2.45) is 0 Å². The highest BCUT2D eigenvalue weighted by molar-refractivity contribution is 7.62. The molecule has 0 amide bonds. The Hall–Kier alpha value is -1.61. The van der Waals surface area contributed by atoms with E-state index in [9.17, 15) is 4.57 Å². The Balaban J connectivity index is 2.48. The molecule has 0 bridgehead atoms. The first kappa shape index (κ1) is 18.7. The van der Waals surface area contributed by atoms with Gasteiger partial charge in [-0.05, 0) is 57.9 Å². The molecule has 0 aliphatic heterocycles. The summed E-state index contributed by atoms with van der Waals surface area (Å²) < 4.78 is 24.2. The van der Waals surface area contributed by atoms with E-state index < -0.39 is 7.60 Å². The molecule has 2 rings (SSSR count). The first-order chi connectivity index (χ1) is 11.4. The van der Waals surface area contributed by atoms with Crippen LogP contribution < -0.4 is 10.6 Å². The van der Waals surface area contributed by atoms with E-state index in [0.29, 0.717) is 18.5 Å². The molecule has 0 heterocycles. The number of rotatable bonds is 7. The van der Waals surface area contributed by atoms with Gasteiger partial charge >= 0.3 is 7.60 Å². The van der Waals surface area contributed by atoms with Crippen LogP contribution in [-0.2, 0) is 13.6 Å². The summed E-state index contributed by atoms with van der Waals surface area (Å²) in [5.74, 6) is 0. The molecule has 2 aromatic rings. The predicted octanol–water partition coefficient (Wildman–Crippen LogP) is 5.25. The largest absolute Gasteiger partial charge is 0.363 e. The van der Waals surface area contributed by atoms with E-state index in [4.69, 9.17) is 9.05 Å². The van der Waals surface area contributed by atoms with Gasteiger partial charge in [0, 0.05) is 5.69 Å². The standard InChI is InChI=1S/C19H26NO3P/c1-6-22-24(21,23-7-2)18-11-9-8-10-17(18)20-19-15(4)12-14(3)13-16(19)5/h8-13,20H,6-7H2,1-5H3. The molecule has 0 radical (unpaired) electrons. The summed E-state index contributed by atoms with van der Waals surface area (Å²) in [5.41, 5.74) is 5.28. The number of benzene rings is 2. The lowest BCUT2D eigenvalue weighted by molar-refractivity contribution is 0.230. The van der Waals surface area contributed by atoms with Crippen molar-refractivity contribution in [1.29, 1.82) is 0 Å². The average molecular weight is 347 g/mol. The van der Waals surface area contributed by atoms with Gasteiger partial charge in [-0.15, -0.1) is 0 Å². The monoisotopic (exact) mass is 347 g/mol. The summed E-state index contributed by atoms with van der Waals surface area (Å²) in [6.07, 6.45) is 0. The van der Waals surface area contributed by atoms with Crippen molar-refractivity contribution in [1.82, 2.24) is 0 Å². The quantitative estimate of drug-likeness (QED) is 0.695. The molecule has 0 aromatic heterocycles. The third kappa shape index (κ3) is 4.07. The second kappa shape index (κ2) is 7.98. The van der Waals surface area contributed by atoms with Crippen LogP contribution in [0, 0.1) is 20.8 Å². The van der Waals surface area contributed by atoms with Gasteiger partial charge in [0.1, 0.15) is 0 Å². The minimum Gasteiger partial charge on any atom is -0.354 e. The fraction of sp³-hybridized carbons (Fsp3) is 0.368. The van der Waals surface area contributed by atoms with E-state index in [2.05, 4.69) is 38.2 Å². The van der Waals surface area contributed by atoms with Gasteiger partial charge in [0.2, 0.25) is 0 Å². The third-order valence-electron chi connectivity index (χ3n) is 3.73. The minimum absolute atomic E-state index is 0.328. The highest BCUT2D eigenvalue weighted by Gasteiger charge is 2.29. The SMILES string of the molecule is CCOP(=O)(OCC)c1ccccc1Nc1c(C)cc(C)cc1C. The van der Waals surface area contributed by atoms with Gasteiger partial charge in [0.05, 0.1) is 24.2 Å². The van der Waals surface area contributed by atoms with E-state index in [1.807, 2.05) is 32.0 Å². The smallest absolute Gasteiger partial charge is 0.354 e. The number of anilines is 2. The zero-order valence-electron chi connectivity index (χ0n) is 15.1. The minimum atomic E-state index is -3.35. The van der Waals surface area contributed by atoms with Crippen LogP contribution in [0.5, 0.6) is 0 Å². The lowest BCUT2D eigenvalue weighted by Crippen LogP contribution is -2.15. The molecule has 4 nitrogen and oxygen atoms in total. The Kier molecular flexibility index (Phi) is 6.22. The molecule has 0 unspecified atom stereocenters. The third-order valence-corrected chi connectivity index (χ3v) is 5.91. The summed E-state index contributed by atoms with van der Waals surface area (Å²) in [5, 5.41) is 3.99. The summed E-state index contributed by atoms with van der Waals surface area (Å²) in [7, 11) is -3.35. The van der Waals surface area contributed by atoms with Crippen LogP contribution >= 0.6 is 7.60 Å². The maximum atomic E-state index is 13.2. The van der Waals surface area contributed by atoms with Crippen LogP contribution in [0.3, 0.4) is 0 Å². The Labute approximate surface area is 144 Å². The van der Waals surface area contributed by atoms with Crippen molar-refractivity contribution in [2.75, 3.05) is 18.5 Å². The maximum absolute atomic E-state index is 13.2. The van der Waals surface area contributed by atoms with Crippen molar-refractivity contribution in [3.63, 3.8) is 0 Å². The zero-order valence-corrected chi connectivity index (χ0v) is 15.9. The van der Waals surface area contributed by atoms with E-state index in [1.165, 1.54) is 5.56 Å². The molecule has 130 valence electrons. The zero-order chi connectivity index (χ0) is 17.7. The normalized spacial score (nSPS) is 11.5. The van der Waals surface area contributed by atoms with E-state index in [-0.39, 0.29) is 0 Å². The Morgan fingerprint density at radius 1 is 0.958 bits per heavy atom. The number of nitrogens with one attached hydrogen (secondary N) is 1. The van der Waals surface area contributed by atoms with Crippen LogP contribution in [0.15, 0.2) is 36.4 Å². The first-order valence-electron chi connectivity index (χ1n) is 8.24. The Morgan fingerprint density at radius 3 is 2.04 bits per heavy atom. The fourth-order valence-electron chi connectivity index (χ4n) is 2.85. The van der Waals surface area contributed by atoms with Gasteiger partial charge in [-0.3, -0.25) is 4.57 Å². The van der Waals surface area contributed by atoms with Crippen molar-refractivity contribution in [3.05, 3.63) is 53.1 Å². The summed E-state index contributed by atoms with van der Waals surface area (Å²) >= 11 is 0. The molecule has 0 fully saturated rings. The lowest BCUT2D eigenvalue weighted by Gasteiger charge is -2.22. The van der Waals surface area contributed by atoms with Gasteiger partial charge in [-0.1, -0.05) is 29.8 Å². The van der Waals surface area contributed by atoms with Crippen LogP contribution in [0.1, 0.15) is 30.5 Å². The molecule has 0 saturated heterocycles. The van der Waals surface area contributed by atoms with Crippen LogP contribution in [0.25, 0.3) is 0 Å². The van der Waals surface area contributed by atoms with Gasteiger partial charge < -0.3 is 14.4 Å². The summed E-state index contributed by atoms with van der Waals surface area (Å²) in [6, 6.07) is 11.7. The molecular weight excluding hydrogens is 321 g/mol. The second-order valence-electron chi connectivity index (χ2n) is 5.75. The molecule has 24 heavy (non-hydrogen) atoms. The van der Waals surface area contributed by atoms with Crippen LogP contribution in [0.4, 0.5) is 11.4 Å². The summed E-state index contributed by atoms with van der Waals surface area (Å²) in [6.45, 7) is 10.5. The van der Waals surface area contributed by atoms with Crippen molar-refractivity contribution in [2.45, 2.75) is 34.6 Å². The average Bonchev–Trinajstić information content (AvgIpc) is 2.51. The predicted molar refractivity (Wildman–Crippen MR) is 101 cm³/mol. The van der Waals surface area contributed by atoms with Crippen LogP contribution in [0.2, 0.25) is 0 Å². The Morgan fingerprint density at radius 2 is 1.50 bits per heavy atom. The first-order valence-corrected chi connectivity index (χ1v) is 9.79. The van der Waals surface area contributed by atoms with Crippen LogP contribution in [-0.4, -0.2) is 13.2 Å². The van der Waals surface area contributed by atoms with E-state index >= 15 is 0 Å². The molecule has 0 spiro atoms. The highest BCUT2D eigenvalue weighted by atomic mass is 31.2. The van der Waals surface area contributed by atoms with E-state index in [1.54, 1.807) is 6.07 Å². The van der Waals surface area contributed by atoms with Crippen molar-refractivity contribution in [3.8, 4) is 0 Å². The number of aryl methyl sites for hydroxylation is 3. The van der Waals surface area contributed by atoms with Gasteiger partial charge in [-0.25, -0.2) is 0 Å². The lowest BCUT2D eigenvalue weighted by atomic mass is 10.0. The van der Waals surface area contributed by atoms with Gasteiger partial charge in [-0.2, -0.15) is 0 Å². The molecule has 0 saturated carbocycles. The fourth-order valence-corrected chi connectivity index (χ4v) is 4.57. The molecule has 0 atom stereocenters. The highest BCUT2D eigenvalue weighted by Crippen LogP contribution is 2.49.